The third-order valence-corrected chi connectivity index (χ3v) is 1.93. The second-order valence-electron chi connectivity index (χ2n) is 2.37. The first-order chi connectivity index (χ1) is 6.24. The van der Waals surface area contributed by atoms with Gasteiger partial charge in [0.15, 0.2) is 0 Å². The zero-order valence-electron chi connectivity index (χ0n) is 6.84. The van der Waals surface area contributed by atoms with Crippen LogP contribution in [0.4, 0.5) is 0 Å². The van der Waals surface area contributed by atoms with Gasteiger partial charge in [0, 0.05) is 17.0 Å². The zero-order chi connectivity index (χ0) is 9.68. The molecule has 0 aliphatic rings. The molecule has 0 aliphatic heterocycles. The molecule has 1 amide bonds. The van der Waals surface area contributed by atoms with Crippen LogP contribution in [0.3, 0.4) is 0 Å². The molecule has 0 saturated carbocycles. The number of aromatic nitrogens is 1. The average Bonchev–Trinajstić information content (AvgIpc) is 2.14. The lowest BCUT2D eigenvalue weighted by molar-refractivity contribution is 0.0951. The number of rotatable bonds is 3. The van der Waals surface area contributed by atoms with Gasteiger partial charge < -0.3 is 10.3 Å². The van der Waals surface area contributed by atoms with Crippen molar-refractivity contribution in [1.29, 1.82) is 0 Å². The van der Waals surface area contributed by atoms with Gasteiger partial charge in [-0.3, -0.25) is 9.59 Å². The number of aromatic amines is 1. The van der Waals surface area contributed by atoms with Crippen LogP contribution in [0.25, 0.3) is 0 Å². The summed E-state index contributed by atoms with van der Waals surface area (Å²) in [6.45, 7) is 0.607. The molecule has 1 heterocycles. The van der Waals surface area contributed by atoms with Crippen LogP contribution in [0, 0.1) is 0 Å². The molecule has 0 bridgehead atoms. The molecule has 5 heteroatoms. The largest absolute Gasteiger partial charge is 0.350 e. The number of hydrogen-bond acceptors (Lipinski definition) is 2. The lowest BCUT2D eigenvalue weighted by Gasteiger charge is -2.01. The molecule has 0 unspecified atom stereocenters. The summed E-state index contributed by atoms with van der Waals surface area (Å²) in [5.41, 5.74) is 0.0412. The topological polar surface area (TPSA) is 62.0 Å². The maximum absolute atomic E-state index is 11.3. The number of H-pyrrole nitrogens is 1. The number of nitrogens with one attached hydrogen (secondary N) is 2. The Hall–Kier alpha value is -0.850. The highest BCUT2D eigenvalue weighted by Crippen LogP contribution is 1.89. The van der Waals surface area contributed by atoms with Gasteiger partial charge >= 0.3 is 0 Å². The molecule has 4 nitrogen and oxygen atoms in total. The van der Waals surface area contributed by atoms with Crippen LogP contribution in [0.5, 0.6) is 0 Å². The van der Waals surface area contributed by atoms with Gasteiger partial charge in [-0.1, -0.05) is 28.7 Å². The number of amides is 1. The summed E-state index contributed by atoms with van der Waals surface area (Å²) in [5, 5.41) is 2.66. The predicted molar refractivity (Wildman–Crippen MR) is 58.3 cm³/mol. The molecule has 0 aliphatic carbocycles. The molecule has 2 N–H and O–H groups in total. The molecular formula is C8H9IN2O2. The number of carbonyl (C=O) groups is 1. The Bertz CT molecular complexity index is 348. The highest BCUT2D eigenvalue weighted by molar-refractivity contribution is 14.1. The van der Waals surface area contributed by atoms with Crippen molar-refractivity contribution in [3.05, 3.63) is 34.2 Å². The van der Waals surface area contributed by atoms with Crippen LogP contribution in [-0.2, 0) is 0 Å². The maximum atomic E-state index is 11.3. The fourth-order valence-electron chi connectivity index (χ4n) is 0.836. The van der Waals surface area contributed by atoms with E-state index in [9.17, 15) is 9.59 Å². The number of halogens is 1. The van der Waals surface area contributed by atoms with Crippen LogP contribution in [0.2, 0.25) is 0 Å². The summed E-state index contributed by atoms with van der Waals surface area (Å²) in [4.78, 5) is 24.5. The van der Waals surface area contributed by atoms with E-state index in [4.69, 9.17) is 0 Å². The van der Waals surface area contributed by atoms with Gasteiger partial charge in [-0.05, 0) is 6.07 Å². The zero-order valence-corrected chi connectivity index (χ0v) is 9.00. The second-order valence-corrected chi connectivity index (χ2v) is 3.45. The molecule has 0 radical (unpaired) electrons. The number of hydrogen-bond donors (Lipinski definition) is 2. The van der Waals surface area contributed by atoms with Crippen LogP contribution in [0.15, 0.2) is 23.0 Å². The quantitative estimate of drug-likeness (QED) is 0.631. The van der Waals surface area contributed by atoms with E-state index in [-0.39, 0.29) is 11.5 Å². The molecule has 0 atom stereocenters. The van der Waals surface area contributed by atoms with E-state index in [0.717, 1.165) is 4.43 Å². The van der Waals surface area contributed by atoms with E-state index in [1.54, 1.807) is 12.1 Å². The Morgan fingerprint density at radius 3 is 2.92 bits per heavy atom. The van der Waals surface area contributed by atoms with Crippen LogP contribution in [-0.4, -0.2) is 21.9 Å². The first kappa shape index (κ1) is 10.2. The molecule has 0 fully saturated rings. The van der Waals surface area contributed by atoms with Crippen molar-refractivity contribution in [2.75, 3.05) is 11.0 Å². The third-order valence-electron chi connectivity index (χ3n) is 1.39. The highest BCUT2D eigenvalue weighted by Gasteiger charge is 2.03. The van der Waals surface area contributed by atoms with E-state index in [0.29, 0.717) is 12.2 Å². The van der Waals surface area contributed by atoms with Crippen molar-refractivity contribution >= 4 is 28.5 Å². The van der Waals surface area contributed by atoms with E-state index >= 15 is 0 Å². The minimum atomic E-state index is -0.262. The lowest BCUT2D eigenvalue weighted by atomic mass is 10.3. The van der Waals surface area contributed by atoms with Crippen molar-refractivity contribution in [1.82, 2.24) is 10.3 Å². The Labute approximate surface area is 88.9 Å². The smallest absolute Gasteiger partial charge is 0.267 e. The molecule has 0 saturated heterocycles. The van der Waals surface area contributed by atoms with Crippen molar-refractivity contribution in [3.63, 3.8) is 0 Å². The van der Waals surface area contributed by atoms with Gasteiger partial charge in [-0.2, -0.15) is 0 Å². The van der Waals surface area contributed by atoms with Gasteiger partial charge in [-0.15, -0.1) is 0 Å². The van der Waals surface area contributed by atoms with Gasteiger partial charge in [0.1, 0.15) is 5.69 Å². The summed E-state index contributed by atoms with van der Waals surface area (Å²) in [6, 6.07) is 4.50. The van der Waals surface area contributed by atoms with E-state index in [1.165, 1.54) is 6.07 Å². The normalized spacial score (nSPS) is 9.62. The minimum absolute atomic E-state index is 0.241. The van der Waals surface area contributed by atoms with Crippen LogP contribution >= 0.6 is 22.6 Å². The number of pyridine rings is 1. The lowest BCUT2D eigenvalue weighted by Crippen LogP contribution is -2.27. The Morgan fingerprint density at radius 1 is 1.54 bits per heavy atom. The monoisotopic (exact) mass is 292 g/mol. The molecule has 1 rings (SSSR count). The molecule has 1 aromatic rings. The second kappa shape index (κ2) is 5.00. The molecular weight excluding hydrogens is 283 g/mol. The Balaban J connectivity index is 2.71. The predicted octanol–water partition coefficient (Wildman–Crippen LogP) is 0.540. The molecule has 1 aromatic heterocycles. The van der Waals surface area contributed by atoms with Crippen molar-refractivity contribution < 1.29 is 4.79 Å². The third kappa shape index (κ3) is 3.17. The van der Waals surface area contributed by atoms with Crippen molar-refractivity contribution in [2.24, 2.45) is 0 Å². The summed E-state index contributed by atoms with van der Waals surface area (Å²) >= 11 is 2.16. The van der Waals surface area contributed by atoms with E-state index in [2.05, 4.69) is 32.9 Å². The van der Waals surface area contributed by atoms with Crippen molar-refractivity contribution in [3.8, 4) is 0 Å². The first-order valence-electron chi connectivity index (χ1n) is 3.77. The fourth-order valence-corrected chi connectivity index (χ4v) is 1.11. The maximum Gasteiger partial charge on any atom is 0.267 e. The molecule has 0 aromatic carbocycles. The summed E-state index contributed by atoms with van der Waals surface area (Å²) in [7, 11) is 0. The number of alkyl halides is 1. The molecule has 70 valence electrons. The fraction of sp³-hybridized carbons (Fsp3) is 0.250. The van der Waals surface area contributed by atoms with Gasteiger partial charge in [-0.25, -0.2) is 0 Å². The summed E-state index contributed by atoms with van der Waals surface area (Å²) in [5.74, 6) is -0.241. The highest BCUT2D eigenvalue weighted by atomic mass is 127. The number of carbonyl (C=O) groups excluding carboxylic acids is 1. The first-order valence-corrected chi connectivity index (χ1v) is 5.30. The SMILES string of the molecule is O=C(NCCI)c1cccc(=O)[nH]1. The summed E-state index contributed by atoms with van der Waals surface area (Å²) in [6.07, 6.45) is 0. The van der Waals surface area contributed by atoms with E-state index < -0.39 is 0 Å². The standard InChI is InChI=1S/C8H9IN2O2/c9-4-5-10-8(13)6-2-1-3-7(12)11-6/h1-3H,4-5H2,(H,10,13)(H,11,12). The van der Waals surface area contributed by atoms with Gasteiger partial charge in [0.25, 0.3) is 5.91 Å². The molecule has 13 heavy (non-hydrogen) atoms. The van der Waals surface area contributed by atoms with Crippen molar-refractivity contribution in [2.45, 2.75) is 0 Å². The van der Waals surface area contributed by atoms with Crippen LogP contribution < -0.4 is 10.9 Å². The van der Waals surface area contributed by atoms with Gasteiger partial charge in [0.05, 0.1) is 0 Å². The van der Waals surface area contributed by atoms with E-state index in [1.807, 2.05) is 0 Å². The molecule has 0 spiro atoms. The Morgan fingerprint density at radius 2 is 2.31 bits per heavy atom. The van der Waals surface area contributed by atoms with Crippen LogP contribution in [0.1, 0.15) is 10.5 Å². The summed E-state index contributed by atoms with van der Waals surface area (Å²) < 4.78 is 0.848. The minimum Gasteiger partial charge on any atom is -0.350 e. The average molecular weight is 292 g/mol. The van der Waals surface area contributed by atoms with Gasteiger partial charge in [0.2, 0.25) is 5.56 Å². The Kier molecular flexibility index (Phi) is 3.94.